The number of hydrogen-bond acceptors (Lipinski definition) is 3. The summed E-state index contributed by atoms with van der Waals surface area (Å²) in [5.74, 6) is 0. The molecule has 1 unspecified atom stereocenters. The smallest absolute Gasteiger partial charge is 0.121 e. The second-order valence-corrected chi connectivity index (χ2v) is 4.06. The third kappa shape index (κ3) is 4.00. The number of nitrogens with one attached hydrogen (secondary N) is 1. The summed E-state index contributed by atoms with van der Waals surface area (Å²) >= 11 is 3.34. The fourth-order valence-electron chi connectivity index (χ4n) is 1.22. The van der Waals surface area contributed by atoms with Gasteiger partial charge in [-0.15, -0.1) is 0 Å². The van der Waals surface area contributed by atoms with E-state index in [1.165, 1.54) is 0 Å². The van der Waals surface area contributed by atoms with E-state index in [0.717, 1.165) is 10.0 Å². The molecule has 1 rings (SSSR count). The van der Waals surface area contributed by atoms with Crippen LogP contribution in [0.15, 0.2) is 28.7 Å². The van der Waals surface area contributed by atoms with Crippen LogP contribution in [0.2, 0.25) is 0 Å². The van der Waals surface area contributed by atoms with Gasteiger partial charge in [-0.25, -0.2) is 0 Å². The van der Waals surface area contributed by atoms with E-state index in [0.29, 0.717) is 13.0 Å². The highest BCUT2D eigenvalue weighted by Crippen LogP contribution is 2.16. The van der Waals surface area contributed by atoms with Crippen LogP contribution in [-0.2, 0) is 0 Å². The molecule has 0 fully saturated rings. The van der Waals surface area contributed by atoms with Gasteiger partial charge in [-0.05, 0) is 30.7 Å². The normalized spacial score (nSPS) is 12.1. The zero-order valence-electron chi connectivity index (χ0n) is 8.28. The average Bonchev–Trinajstić information content (AvgIpc) is 2.26. The monoisotopic (exact) mass is 268 g/mol. The first-order valence-corrected chi connectivity index (χ1v) is 5.56. The van der Waals surface area contributed by atoms with Crippen molar-refractivity contribution in [1.82, 2.24) is 5.32 Å². The Morgan fingerprint density at radius 1 is 1.40 bits per heavy atom. The molecule has 0 saturated heterocycles. The molecular formula is C11H13BrN2O. The van der Waals surface area contributed by atoms with Crippen molar-refractivity contribution in [3.8, 4) is 6.07 Å². The Kier molecular flexibility index (Phi) is 5.33. The van der Waals surface area contributed by atoms with Crippen LogP contribution in [0, 0.1) is 11.3 Å². The summed E-state index contributed by atoms with van der Waals surface area (Å²) in [6.45, 7) is 0.788. The van der Waals surface area contributed by atoms with E-state index in [2.05, 4.69) is 27.3 Å². The Hall–Kier alpha value is -0.890. The van der Waals surface area contributed by atoms with E-state index < -0.39 is 0 Å². The van der Waals surface area contributed by atoms with Crippen molar-refractivity contribution in [2.45, 2.75) is 12.5 Å². The van der Waals surface area contributed by atoms with Crippen molar-refractivity contribution < 1.29 is 5.11 Å². The molecule has 1 aromatic rings. The van der Waals surface area contributed by atoms with Crippen LogP contribution in [0.25, 0.3) is 0 Å². The van der Waals surface area contributed by atoms with Crippen LogP contribution in [0.3, 0.4) is 0 Å². The van der Waals surface area contributed by atoms with Crippen molar-refractivity contribution in [3.05, 3.63) is 34.3 Å². The largest absolute Gasteiger partial charge is 0.396 e. The summed E-state index contributed by atoms with van der Waals surface area (Å²) in [6.07, 6.45) is 0.661. The minimum Gasteiger partial charge on any atom is -0.396 e. The van der Waals surface area contributed by atoms with E-state index in [9.17, 15) is 0 Å². The van der Waals surface area contributed by atoms with Crippen LogP contribution in [-0.4, -0.2) is 18.3 Å². The Morgan fingerprint density at radius 2 is 2.07 bits per heavy atom. The van der Waals surface area contributed by atoms with E-state index >= 15 is 0 Å². The summed E-state index contributed by atoms with van der Waals surface area (Å²) in [7, 11) is 0. The molecule has 4 heteroatoms. The van der Waals surface area contributed by atoms with E-state index in [4.69, 9.17) is 10.4 Å². The molecule has 80 valence electrons. The van der Waals surface area contributed by atoms with Crippen molar-refractivity contribution in [2.24, 2.45) is 0 Å². The number of nitriles is 1. The number of benzene rings is 1. The van der Waals surface area contributed by atoms with Crippen molar-refractivity contribution >= 4 is 15.9 Å². The maximum atomic E-state index is 8.96. The summed E-state index contributed by atoms with van der Waals surface area (Å²) in [5, 5.41) is 20.7. The molecule has 1 atom stereocenters. The number of hydrogen-bond donors (Lipinski definition) is 2. The maximum absolute atomic E-state index is 8.96. The lowest BCUT2D eigenvalue weighted by molar-refractivity contribution is 0.285. The van der Waals surface area contributed by atoms with Crippen molar-refractivity contribution in [1.29, 1.82) is 5.26 Å². The topological polar surface area (TPSA) is 56.0 Å². The number of nitrogens with zero attached hydrogens (tertiary/aromatic N) is 1. The molecule has 0 heterocycles. The Balaban J connectivity index is 2.59. The second-order valence-electron chi connectivity index (χ2n) is 3.14. The van der Waals surface area contributed by atoms with Crippen LogP contribution in [0.4, 0.5) is 0 Å². The van der Waals surface area contributed by atoms with Gasteiger partial charge >= 0.3 is 0 Å². The molecule has 15 heavy (non-hydrogen) atoms. The van der Waals surface area contributed by atoms with Crippen LogP contribution < -0.4 is 5.32 Å². The van der Waals surface area contributed by atoms with Crippen LogP contribution in [0.5, 0.6) is 0 Å². The molecule has 0 radical (unpaired) electrons. The van der Waals surface area contributed by atoms with Gasteiger partial charge in [-0.1, -0.05) is 28.1 Å². The predicted molar refractivity (Wildman–Crippen MR) is 62.2 cm³/mol. The maximum Gasteiger partial charge on any atom is 0.121 e. The van der Waals surface area contributed by atoms with Gasteiger partial charge in [0.25, 0.3) is 0 Å². The second kappa shape index (κ2) is 6.57. The zero-order valence-corrected chi connectivity index (χ0v) is 9.87. The molecule has 0 amide bonds. The summed E-state index contributed by atoms with van der Waals surface area (Å²) in [4.78, 5) is 0. The van der Waals surface area contributed by atoms with Gasteiger partial charge in [-0.2, -0.15) is 5.26 Å². The quantitative estimate of drug-likeness (QED) is 0.804. The minimum atomic E-state index is -0.301. The van der Waals surface area contributed by atoms with Crippen molar-refractivity contribution in [2.75, 3.05) is 13.2 Å². The molecular weight excluding hydrogens is 256 g/mol. The van der Waals surface area contributed by atoms with Gasteiger partial charge in [0.1, 0.15) is 6.04 Å². The van der Waals surface area contributed by atoms with E-state index in [1.54, 1.807) is 0 Å². The van der Waals surface area contributed by atoms with E-state index in [1.807, 2.05) is 24.3 Å². The molecule has 0 bridgehead atoms. The minimum absolute atomic E-state index is 0.144. The third-order valence-corrected chi connectivity index (χ3v) is 2.54. The lowest BCUT2D eigenvalue weighted by atomic mass is 10.1. The SMILES string of the molecule is N#CC(NCCCO)c1ccc(Br)cc1. The lowest BCUT2D eigenvalue weighted by Gasteiger charge is -2.11. The number of aliphatic hydroxyl groups is 1. The van der Waals surface area contributed by atoms with Gasteiger partial charge in [0.2, 0.25) is 0 Å². The number of rotatable bonds is 5. The zero-order chi connectivity index (χ0) is 11.1. The van der Waals surface area contributed by atoms with Gasteiger partial charge in [0.15, 0.2) is 0 Å². The first-order chi connectivity index (χ1) is 7.27. The first kappa shape index (κ1) is 12.2. The third-order valence-electron chi connectivity index (χ3n) is 2.02. The predicted octanol–water partition coefficient (Wildman–Crippen LogP) is 1.99. The Morgan fingerprint density at radius 3 is 2.60 bits per heavy atom. The average molecular weight is 269 g/mol. The highest BCUT2D eigenvalue weighted by atomic mass is 79.9. The molecule has 0 aromatic heterocycles. The number of halogens is 1. The summed E-state index contributed by atoms with van der Waals surface area (Å²) < 4.78 is 0.998. The standard InChI is InChI=1S/C11H13BrN2O/c12-10-4-2-9(3-5-10)11(8-13)14-6-1-7-15/h2-5,11,14-15H,1,6-7H2. The molecule has 0 saturated carbocycles. The van der Waals surface area contributed by atoms with Gasteiger partial charge < -0.3 is 5.11 Å². The highest BCUT2D eigenvalue weighted by molar-refractivity contribution is 9.10. The van der Waals surface area contributed by atoms with Crippen molar-refractivity contribution in [3.63, 3.8) is 0 Å². The molecule has 0 aliphatic rings. The summed E-state index contributed by atoms with van der Waals surface area (Å²) in [6, 6.07) is 9.52. The molecule has 0 aliphatic heterocycles. The molecule has 3 nitrogen and oxygen atoms in total. The fourth-order valence-corrected chi connectivity index (χ4v) is 1.48. The van der Waals surface area contributed by atoms with Crippen LogP contribution in [0.1, 0.15) is 18.0 Å². The fraction of sp³-hybridized carbons (Fsp3) is 0.364. The van der Waals surface area contributed by atoms with Gasteiger partial charge in [0, 0.05) is 11.1 Å². The molecule has 2 N–H and O–H groups in total. The Labute approximate surface area is 97.9 Å². The summed E-state index contributed by atoms with van der Waals surface area (Å²) in [5.41, 5.74) is 0.943. The molecule has 0 spiro atoms. The van der Waals surface area contributed by atoms with E-state index in [-0.39, 0.29) is 12.6 Å². The first-order valence-electron chi connectivity index (χ1n) is 4.77. The Bertz CT molecular complexity index is 331. The highest BCUT2D eigenvalue weighted by Gasteiger charge is 2.08. The van der Waals surface area contributed by atoms with Gasteiger partial charge in [0.05, 0.1) is 6.07 Å². The van der Waals surface area contributed by atoms with Crippen LogP contribution >= 0.6 is 15.9 Å². The molecule has 0 aliphatic carbocycles. The molecule has 1 aromatic carbocycles. The van der Waals surface area contributed by atoms with Gasteiger partial charge in [-0.3, -0.25) is 5.32 Å². The lowest BCUT2D eigenvalue weighted by Crippen LogP contribution is -2.21. The number of aliphatic hydroxyl groups excluding tert-OH is 1.